The molecular formula is C10H11Cl2NO2. The second-order valence-corrected chi connectivity index (χ2v) is 4.08. The first-order valence-electron chi connectivity index (χ1n) is 4.63. The molecule has 1 aliphatic rings. The van der Waals surface area contributed by atoms with Crippen LogP contribution in [-0.2, 0) is 4.84 Å². The predicted octanol–water partition coefficient (Wildman–Crippen LogP) is 2.97. The van der Waals surface area contributed by atoms with Crippen LogP contribution < -0.4 is 10.2 Å². The summed E-state index contributed by atoms with van der Waals surface area (Å²) in [6.45, 7) is 0.605. The van der Waals surface area contributed by atoms with Crippen molar-refractivity contribution in [3.05, 3.63) is 27.7 Å². The molecule has 0 bridgehead atoms. The number of fused-ring (bicyclic) bond motifs is 1. The van der Waals surface area contributed by atoms with Crippen molar-refractivity contribution in [1.82, 2.24) is 5.48 Å². The first kappa shape index (κ1) is 11.0. The van der Waals surface area contributed by atoms with Gasteiger partial charge in [-0.05, 0) is 6.07 Å². The fourth-order valence-electron chi connectivity index (χ4n) is 1.67. The first-order valence-corrected chi connectivity index (χ1v) is 5.39. The standard InChI is InChI=1S/C10H11Cl2NO2/c1-14-13-8-4-5-15-10-6(8)2-3-7(11)9(10)12/h2-3,8,13H,4-5H2,1H3. The van der Waals surface area contributed by atoms with E-state index < -0.39 is 0 Å². The molecule has 0 amide bonds. The summed E-state index contributed by atoms with van der Waals surface area (Å²) in [4.78, 5) is 4.93. The third-order valence-electron chi connectivity index (χ3n) is 2.37. The number of rotatable bonds is 2. The minimum absolute atomic E-state index is 0.105. The van der Waals surface area contributed by atoms with E-state index in [0.29, 0.717) is 22.4 Å². The van der Waals surface area contributed by atoms with Crippen LogP contribution in [0.4, 0.5) is 0 Å². The maximum Gasteiger partial charge on any atom is 0.144 e. The van der Waals surface area contributed by atoms with E-state index in [2.05, 4.69) is 5.48 Å². The van der Waals surface area contributed by atoms with Gasteiger partial charge < -0.3 is 9.57 Å². The van der Waals surface area contributed by atoms with Gasteiger partial charge in [0.05, 0.1) is 24.8 Å². The van der Waals surface area contributed by atoms with Crippen molar-refractivity contribution in [2.45, 2.75) is 12.5 Å². The highest BCUT2D eigenvalue weighted by Crippen LogP contribution is 2.41. The Kier molecular flexibility index (Phi) is 3.36. The van der Waals surface area contributed by atoms with E-state index in [1.165, 1.54) is 0 Å². The fraction of sp³-hybridized carbons (Fsp3) is 0.400. The lowest BCUT2D eigenvalue weighted by Crippen LogP contribution is -2.26. The first-order chi connectivity index (χ1) is 7.24. The van der Waals surface area contributed by atoms with Crippen molar-refractivity contribution in [1.29, 1.82) is 0 Å². The molecule has 5 heteroatoms. The lowest BCUT2D eigenvalue weighted by molar-refractivity contribution is 0.0463. The zero-order valence-electron chi connectivity index (χ0n) is 8.22. The number of benzene rings is 1. The van der Waals surface area contributed by atoms with Gasteiger partial charge in [-0.15, -0.1) is 0 Å². The molecule has 1 heterocycles. The Hall–Kier alpha value is -0.480. The van der Waals surface area contributed by atoms with Crippen molar-refractivity contribution < 1.29 is 9.57 Å². The third-order valence-corrected chi connectivity index (χ3v) is 3.16. The minimum atomic E-state index is 0.105. The van der Waals surface area contributed by atoms with Crippen LogP contribution in [0.1, 0.15) is 18.0 Å². The van der Waals surface area contributed by atoms with Crippen LogP contribution in [0.2, 0.25) is 10.0 Å². The molecule has 2 rings (SSSR count). The Balaban J connectivity index is 2.40. The number of hydrogen-bond acceptors (Lipinski definition) is 3. The van der Waals surface area contributed by atoms with E-state index in [-0.39, 0.29) is 6.04 Å². The van der Waals surface area contributed by atoms with Gasteiger partial charge in [0, 0.05) is 12.0 Å². The van der Waals surface area contributed by atoms with E-state index in [1.54, 1.807) is 13.2 Å². The van der Waals surface area contributed by atoms with E-state index in [4.69, 9.17) is 32.8 Å². The fourth-order valence-corrected chi connectivity index (χ4v) is 2.04. The average Bonchev–Trinajstić information content (AvgIpc) is 2.25. The molecule has 1 aromatic carbocycles. The average molecular weight is 248 g/mol. The van der Waals surface area contributed by atoms with Gasteiger partial charge in [-0.1, -0.05) is 29.3 Å². The Morgan fingerprint density at radius 3 is 3.00 bits per heavy atom. The van der Waals surface area contributed by atoms with Crippen molar-refractivity contribution in [3.63, 3.8) is 0 Å². The van der Waals surface area contributed by atoms with Gasteiger partial charge in [0.1, 0.15) is 10.8 Å². The Labute approximate surface area is 98.2 Å². The van der Waals surface area contributed by atoms with E-state index in [9.17, 15) is 0 Å². The third kappa shape index (κ3) is 2.06. The predicted molar refractivity (Wildman–Crippen MR) is 59.5 cm³/mol. The molecule has 1 aromatic rings. The molecule has 0 aromatic heterocycles. The Morgan fingerprint density at radius 1 is 1.47 bits per heavy atom. The van der Waals surface area contributed by atoms with Crippen molar-refractivity contribution >= 4 is 23.2 Å². The molecule has 0 saturated heterocycles. The summed E-state index contributed by atoms with van der Waals surface area (Å²) in [6.07, 6.45) is 0.846. The number of ether oxygens (including phenoxy) is 1. The number of nitrogens with one attached hydrogen (secondary N) is 1. The minimum Gasteiger partial charge on any atom is -0.492 e. The highest BCUT2D eigenvalue weighted by Gasteiger charge is 2.24. The number of hydrogen-bond donors (Lipinski definition) is 1. The molecule has 1 unspecified atom stereocenters. The molecule has 0 radical (unpaired) electrons. The highest BCUT2D eigenvalue weighted by atomic mass is 35.5. The van der Waals surface area contributed by atoms with E-state index in [1.807, 2.05) is 6.07 Å². The molecule has 1 N–H and O–H groups in total. The summed E-state index contributed by atoms with van der Waals surface area (Å²) in [5.41, 5.74) is 3.89. The monoisotopic (exact) mass is 247 g/mol. The number of halogens is 2. The van der Waals surface area contributed by atoms with Crippen molar-refractivity contribution in [3.8, 4) is 5.75 Å². The van der Waals surface area contributed by atoms with Gasteiger partial charge >= 0.3 is 0 Å². The summed E-state index contributed by atoms with van der Waals surface area (Å²) in [5, 5.41) is 0.977. The van der Waals surface area contributed by atoms with E-state index in [0.717, 1.165) is 12.0 Å². The Bertz CT molecular complexity index is 371. The lowest BCUT2D eigenvalue weighted by Gasteiger charge is -2.26. The lowest BCUT2D eigenvalue weighted by atomic mass is 10.0. The molecule has 0 saturated carbocycles. The Morgan fingerprint density at radius 2 is 2.27 bits per heavy atom. The number of hydroxylamine groups is 1. The summed E-state index contributed by atoms with van der Waals surface area (Å²) in [5.74, 6) is 0.657. The molecule has 3 nitrogen and oxygen atoms in total. The van der Waals surface area contributed by atoms with Crippen LogP contribution in [0.3, 0.4) is 0 Å². The smallest absolute Gasteiger partial charge is 0.144 e. The van der Waals surface area contributed by atoms with Gasteiger partial charge in [-0.2, -0.15) is 5.48 Å². The topological polar surface area (TPSA) is 30.5 Å². The molecule has 0 fully saturated rings. The zero-order valence-corrected chi connectivity index (χ0v) is 9.73. The van der Waals surface area contributed by atoms with Gasteiger partial charge in [0.2, 0.25) is 0 Å². The van der Waals surface area contributed by atoms with Crippen molar-refractivity contribution in [2.75, 3.05) is 13.7 Å². The largest absolute Gasteiger partial charge is 0.492 e. The highest BCUT2D eigenvalue weighted by molar-refractivity contribution is 6.43. The zero-order chi connectivity index (χ0) is 10.8. The quantitative estimate of drug-likeness (QED) is 0.816. The second kappa shape index (κ2) is 4.58. The van der Waals surface area contributed by atoms with Crippen molar-refractivity contribution in [2.24, 2.45) is 0 Å². The van der Waals surface area contributed by atoms with Crippen LogP contribution in [0.15, 0.2) is 12.1 Å². The SMILES string of the molecule is CONC1CCOc2c1ccc(Cl)c2Cl. The maximum absolute atomic E-state index is 6.05. The molecule has 1 atom stereocenters. The van der Waals surface area contributed by atoms with E-state index >= 15 is 0 Å². The molecule has 82 valence electrons. The summed E-state index contributed by atoms with van der Waals surface area (Å²) in [6, 6.07) is 3.77. The normalized spacial score (nSPS) is 19.5. The van der Waals surface area contributed by atoms with Crippen LogP contribution in [0.25, 0.3) is 0 Å². The summed E-state index contributed by atoms with van der Waals surface area (Å²) < 4.78 is 5.50. The van der Waals surface area contributed by atoms with Gasteiger partial charge in [-0.3, -0.25) is 0 Å². The van der Waals surface area contributed by atoms with Crippen LogP contribution in [0, 0.1) is 0 Å². The molecule has 1 aliphatic heterocycles. The molecular weight excluding hydrogens is 237 g/mol. The molecule has 0 aliphatic carbocycles. The maximum atomic E-state index is 6.05. The van der Waals surface area contributed by atoms with Crippen LogP contribution in [-0.4, -0.2) is 13.7 Å². The van der Waals surface area contributed by atoms with Gasteiger partial charge in [0.15, 0.2) is 0 Å². The second-order valence-electron chi connectivity index (χ2n) is 3.29. The van der Waals surface area contributed by atoms with Crippen LogP contribution in [0.5, 0.6) is 5.75 Å². The summed E-state index contributed by atoms with van der Waals surface area (Å²) >= 11 is 12.0. The van der Waals surface area contributed by atoms with Gasteiger partial charge in [0.25, 0.3) is 0 Å². The van der Waals surface area contributed by atoms with Crippen LogP contribution >= 0.6 is 23.2 Å². The summed E-state index contributed by atoms with van der Waals surface area (Å²) in [7, 11) is 1.59. The van der Waals surface area contributed by atoms with Gasteiger partial charge in [-0.25, -0.2) is 0 Å². The molecule has 15 heavy (non-hydrogen) atoms. The molecule has 0 spiro atoms.